The van der Waals surface area contributed by atoms with Crippen LogP contribution in [0.1, 0.15) is 12.8 Å². The van der Waals surface area contributed by atoms with Crippen molar-refractivity contribution in [3.63, 3.8) is 0 Å². The van der Waals surface area contributed by atoms with Crippen molar-refractivity contribution >= 4 is 6.09 Å². The second kappa shape index (κ2) is 7.48. The van der Waals surface area contributed by atoms with Gasteiger partial charge in [0.25, 0.3) is 0 Å². The van der Waals surface area contributed by atoms with Gasteiger partial charge < -0.3 is 4.74 Å². The smallest absolute Gasteiger partial charge is 0.409 e. The second-order valence-corrected chi connectivity index (χ2v) is 3.19. The second-order valence-electron chi connectivity index (χ2n) is 3.19. The molecule has 0 heterocycles. The lowest BCUT2D eigenvalue weighted by Gasteiger charge is -2.07. The Morgan fingerprint density at radius 1 is 1.38 bits per heavy atom. The minimum absolute atomic E-state index is 0.509. The van der Waals surface area contributed by atoms with Gasteiger partial charge in [0.1, 0.15) is 5.75 Å². The van der Waals surface area contributed by atoms with Crippen LogP contribution >= 0.6 is 0 Å². The van der Waals surface area contributed by atoms with Crippen LogP contribution in [0.5, 0.6) is 5.75 Å². The zero-order valence-corrected chi connectivity index (χ0v) is 9.11. The Balaban J connectivity index is 2.14. The third kappa shape index (κ3) is 5.17. The van der Waals surface area contributed by atoms with Crippen LogP contribution in [-0.4, -0.2) is 12.6 Å². The van der Waals surface area contributed by atoms with E-state index in [1.807, 2.05) is 12.1 Å². The molecule has 0 saturated carbocycles. The standard InChI is InChI=1S/C12H16N2O2/c1-2-3-7-10-13-14-12(15)16-11-8-5-4-6-9-11/h2,4-6,8-9,13H,1,3,7,10H2,(H,14,15). The van der Waals surface area contributed by atoms with Crippen molar-refractivity contribution in [3.8, 4) is 5.75 Å². The van der Waals surface area contributed by atoms with Crippen LogP contribution in [0.2, 0.25) is 0 Å². The number of hydrazine groups is 1. The van der Waals surface area contributed by atoms with Gasteiger partial charge in [0, 0.05) is 6.54 Å². The maximum Gasteiger partial charge on any atom is 0.427 e. The predicted molar refractivity (Wildman–Crippen MR) is 63.0 cm³/mol. The summed E-state index contributed by atoms with van der Waals surface area (Å²) in [4.78, 5) is 11.2. The van der Waals surface area contributed by atoms with Gasteiger partial charge in [-0.2, -0.15) is 0 Å². The molecule has 1 aromatic carbocycles. The van der Waals surface area contributed by atoms with E-state index in [2.05, 4.69) is 17.4 Å². The maximum atomic E-state index is 11.2. The molecule has 1 aromatic rings. The number of hydrogen-bond acceptors (Lipinski definition) is 3. The van der Waals surface area contributed by atoms with E-state index in [4.69, 9.17) is 4.74 Å². The highest BCUT2D eigenvalue weighted by Crippen LogP contribution is 2.07. The fraction of sp³-hybridized carbons (Fsp3) is 0.250. The van der Waals surface area contributed by atoms with Crippen molar-refractivity contribution in [2.24, 2.45) is 0 Å². The van der Waals surface area contributed by atoms with Gasteiger partial charge in [-0.25, -0.2) is 10.2 Å². The monoisotopic (exact) mass is 220 g/mol. The first kappa shape index (κ1) is 12.3. The van der Waals surface area contributed by atoms with Crippen LogP contribution in [0.15, 0.2) is 43.0 Å². The average Bonchev–Trinajstić information content (AvgIpc) is 2.30. The van der Waals surface area contributed by atoms with E-state index in [-0.39, 0.29) is 0 Å². The fourth-order valence-corrected chi connectivity index (χ4v) is 1.09. The molecule has 0 atom stereocenters. The summed E-state index contributed by atoms with van der Waals surface area (Å²) in [5.74, 6) is 0.521. The van der Waals surface area contributed by atoms with Crippen molar-refractivity contribution in [2.45, 2.75) is 12.8 Å². The average molecular weight is 220 g/mol. The lowest BCUT2D eigenvalue weighted by molar-refractivity contribution is 0.195. The van der Waals surface area contributed by atoms with Crippen molar-refractivity contribution in [3.05, 3.63) is 43.0 Å². The predicted octanol–water partition coefficient (Wildman–Crippen LogP) is 2.25. The molecule has 0 radical (unpaired) electrons. The number of amides is 1. The molecule has 4 heteroatoms. The molecule has 86 valence electrons. The number of para-hydroxylation sites is 1. The summed E-state index contributed by atoms with van der Waals surface area (Å²) in [6, 6.07) is 8.91. The van der Waals surface area contributed by atoms with Gasteiger partial charge in [0.05, 0.1) is 0 Å². The molecule has 1 amide bonds. The summed E-state index contributed by atoms with van der Waals surface area (Å²) in [5.41, 5.74) is 5.21. The molecule has 4 nitrogen and oxygen atoms in total. The normalized spacial score (nSPS) is 9.50. The highest BCUT2D eigenvalue weighted by atomic mass is 16.6. The highest BCUT2D eigenvalue weighted by molar-refractivity contribution is 5.69. The summed E-state index contributed by atoms with van der Waals surface area (Å²) >= 11 is 0. The zero-order chi connectivity index (χ0) is 11.6. The third-order valence-electron chi connectivity index (χ3n) is 1.85. The molecule has 0 aliphatic rings. The molecule has 1 rings (SSSR count). The first-order chi connectivity index (χ1) is 7.83. The lowest BCUT2D eigenvalue weighted by Crippen LogP contribution is -2.39. The number of allylic oxidation sites excluding steroid dienone is 1. The topological polar surface area (TPSA) is 50.4 Å². The number of rotatable bonds is 6. The molecule has 0 unspecified atom stereocenters. The van der Waals surface area contributed by atoms with E-state index in [0.717, 1.165) is 12.8 Å². The summed E-state index contributed by atoms with van der Waals surface area (Å²) < 4.78 is 4.99. The molecule has 16 heavy (non-hydrogen) atoms. The van der Waals surface area contributed by atoms with Gasteiger partial charge in [-0.05, 0) is 25.0 Å². The Kier molecular flexibility index (Phi) is 5.73. The van der Waals surface area contributed by atoms with Crippen LogP contribution < -0.4 is 15.6 Å². The van der Waals surface area contributed by atoms with Crippen molar-refractivity contribution in [1.29, 1.82) is 0 Å². The zero-order valence-electron chi connectivity index (χ0n) is 9.11. The molecule has 0 aliphatic carbocycles. The minimum Gasteiger partial charge on any atom is -0.409 e. The number of carbonyl (C=O) groups is 1. The van der Waals surface area contributed by atoms with Crippen LogP contribution in [0.3, 0.4) is 0 Å². The summed E-state index contributed by atoms with van der Waals surface area (Å²) in [5, 5.41) is 0. The van der Waals surface area contributed by atoms with E-state index in [0.29, 0.717) is 12.3 Å². The Bertz CT molecular complexity index is 325. The number of hydrogen-bond donors (Lipinski definition) is 2. The summed E-state index contributed by atoms with van der Waals surface area (Å²) in [7, 11) is 0. The van der Waals surface area contributed by atoms with E-state index in [1.165, 1.54) is 0 Å². The van der Waals surface area contributed by atoms with E-state index in [9.17, 15) is 4.79 Å². The van der Waals surface area contributed by atoms with Crippen molar-refractivity contribution in [1.82, 2.24) is 10.9 Å². The van der Waals surface area contributed by atoms with Crippen LogP contribution in [0.4, 0.5) is 4.79 Å². The Labute approximate surface area is 95.3 Å². The largest absolute Gasteiger partial charge is 0.427 e. The van der Waals surface area contributed by atoms with Gasteiger partial charge in [0.2, 0.25) is 0 Å². The van der Waals surface area contributed by atoms with E-state index < -0.39 is 6.09 Å². The van der Waals surface area contributed by atoms with E-state index >= 15 is 0 Å². The first-order valence-electron chi connectivity index (χ1n) is 5.19. The molecule has 0 fully saturated rings. The van der Waals surface area contributed by atoms with Crippen molar-refractivity contribution in [2.75, 3.05) is 6.54 Å². The number of nitrogens with one attached hydrogen (secondary N) is 2. The summed E-state index contributed by atoms with van der Waals surface area (Å²) in [6.07, 6.45) is 3.17. The lowest BCUT2D eigenvalue weighted by atomic mass is 10.3. The third-order valence-corrected chi connectivity index (χ3v) is 1.85. The molecular formula is C12H16N2O2. The number of ether oxygens (including phenoxy) is 1. The molecule has 0 bridgehead atoms. The number of benzene rings is 1. The maximum absolute atomic E-state index is 11.2. The first-order valence-corrected chi connectivity index (χ1v) is 5.19. The molecule has 2 N–H and O–H groups in total. The Hall–Kier alpha value is -1.81. The van der Waals surface area contributed by atoms with Crippen LogP contribution in [0, 0.1) is 0 Å². The SMILES string of the molecule is C=CCCCNNC(=O)Oc1ccccc1. The van der Waals surface area contributed by atoms with Crippen LogP contribution in [0.25, 0.3) is 0 Å². The molecular weight excluding hydrogens is 204 g/mol. The minimum atomic E-state index is -0.509. The highest BCUT2D eigenvalue weighted by Gasteiger charge is 2.01. The molecule has 0 saturated heterocycles. The van der Waals surface area contributed by atoms with Crippen molar-refractivity contribution < 1.29 is 9.53 Å². The van der Waals surface area contributed by atoms with E-state index in [1.54, 1.807) is 24.3 Å². The number of unbranched alkanes of at least 4 members (excludes halogenated alkanes) is 1. The molecule has 0 aromatic heterocycles. The molecule has 0 spiro atoms. The van der Waals surface area contributed by atoms with Crippen LogP contribution in [-0.2, 0) is 0 Å². The van der Waals surface area contributed by atoms with Gasteiger partial charge in [-0.15, -0.1) is 6.58 Å². The van der Waals surface area contributed by atoms with Gasteiger partial charge >= 0.3 is 6.09 Å². The van der Waals surface area contributed by atoms with Gasteiger partial charge in [-0.3, -0.25) is 5.43 Å². The van der Waals surface area contributed by atoms with Gasteiger partial charge in [-0.1, -0.05) is 24.3 Å². The van der Waals surface area contributed by atoms with Gasteiger partial charge in [0.15, 0.2) is 0 Å². The summed E-state index contributed by atoms with van der Waals surface area (Å²) in [6.45, 7) is 4.30. The Morgan fingerprint density at radius 3 is 2.81 bits per heavy atom. The fourth-order valence-electron chi connectivity index (χ4n) is 1.09. The molecule has 0 aliphatic heterocycles. The quantitative estimate of drug-likeness (QED) is 0.439. The number of carbonyl (C=O) groups excluding carboxylic acids is 1. The Morgan fingerprint density at radius 2 is 2.12 bits per heavy atom.